The van der Waals surface area contributed by atoms with Crippen molar-refractivity contribution in [2.75, 3.05) is 30.4 Å². The zero-order chi connectivity index (χ0) is 15.1. The van der Waals surface area contributed by atoms with Crippen molar-refractivity contribution in [1.29, 1.82) is 0 Å². The molecule has 6 heteroatoms. The Bertz CT molecular complexity index is 518. The Balaban J connectivity index is 2.25. The standard InChI is InChI=1S/C15H22N4O2/c1-4-16-13-9-15(18-14(17-13)11-20-3)19(5-2)10-12-7-6-8-21-12/h6-9H,4-5,10-11H2,1-3H3,(H,16,17,18). The van der Waals surface area contributed by atoms with Gasteiger partial charge in [-0.1, -0.05) is 0 Å². The molecule has 0 aliphatic carbocycles. The molecule has 0 saturated heterocycles. The smallest absolute Gasteiger partial charge is 0.158 e. The van der Waals surface area contributed by atoms with Gasteiger partial charge in [-0.25, -0.2) is 9.97 Å². The molecule has 0 saturated carbocycles. The number of furan rings is 1. The Kier molecular flexibility index (Phi) is 5.57. The van der Waals surface area contributed by atoms with Crippen LogP contribution >= 0.6 is 0 Å². The highest BCUT2D eigenvalue weighted by Gasteiger charge is 2.12. The minimum absolute atomic E-state index is 0.393. The number of anilines is 2. The summed E-state index contributed by atoms with van der Waals surface area (Å²) in [4.78, 5) is 11.1. The molecule has 2 aromatic heterocycles. The zero-order valence-corrected chi connectivity index (χ0v) is 12.8. The predicted octanol–water partition coefficient (Wildman–Crippen LogP) is 2.67. The first-order chi connectivity index (χ1) is 10.3. The highest BCUT2D eigenvalue weighted by Crippen LogP contribution is 2.19. The zero-order valence-electron chi connectivity index (χ0n) is 12.8. The number of ether oxygens (including phenoxy) is 1. The summed E-state index contributed by atoms with van der Waals surface area (Å²) in [5, 5.41) is 3.23. The molecule has 1 N–H and O–H groups in total. The molecule has 2 rings (SSSR count). The third-order valence-electron chi connectivity index (χ3n) is 3.02. The van der Waals surface area contributed by atoms with E-state index in [0.717, 1.165) is 30.5 Å². The van der Waals surface area contributed by atoms with Crippen LogP contribution in [0, 0.1) is 0 Å². The third kappa shape index (κ3) is 4.19. The maximum atomic E-state index is 5.42. The van der Waals surface area contributed by atoms with Gasteiger partial charge in [-0.3, -0.25) is 0 Å². The fourth-order valence-corrected chi connectivity index (χ4v) is 2.06. The summed E-state index contributed by atoms with van der Waals surface area (Å²) in [5.74, 6) is 3.26. The third-order valence-corrected chi connectivity index (χ3v) is 3.02. The molecule has 21 heavy (non-hydrogen) atoms. The van der Waals surface area contributed by atoms with Gasteiger partial charge < -0.3 is 19.4 Å². The molecule has 0 aromatic carbocycles. The van der Waals surface area contributed by atoms with Crippen molar-refractivity contribution in [3.8, 4) is 0 Å². The fourth-order valence-electron chi connectivity index (χ4n) is 2.06. The van der Waals surface area contributed by atoms with E-state index in [2.05, 4.69) is 27.1 Å². The first-order valence-corrected chi connectivity index (χ1v) is 7.14. The van der Waals surface area contributed by atoms with Crippen LogP contribution in [0.2, 0.25) is 0 Å². The molecular formula is C15H22N4O2. The summed E-state index contributed by atoms with van der Waals surface area (Å²) < 4.78 is 10.6. The minimum Gasteiger partial charge on any atom is -0.467 e. The normalized spacial score (nSPS) is 10.6. The van der Waals surface area contributed by atoms with Crippen LogP contribution in [-0.2, 0) is 17.9 Å². The van der Waals surface area contributed by atoms with Crippen molar-refractivity contribution < 1.29 is 9.15 Å². The molecule has 0 fully saturated rings. The Hall–Kier alpha value is -2.08. The molecule has 0 bridgehead atoms. The van der Waals surface area contributed by atoms with E-state index < -0.39 is 0 Å². The van der Waals surface area contributed by atoms with Crippen LogP contribution < -0.4 is 10.2 Å². The van der Waals surface area contributed by atoms with Crippen molar-refractivity contribution in [3.63, 3.8) is 0 Å². The first-order valence-electron chi connectivity index (χ1n) is 7.14. The SMILES string of the molecule is CCNc1cc(N(CC)Cc2ccco2)nc(COC)n1. The van der Waals surface area contributed by atoms with Crippen molar-refractivity contribution in [2.24, 2.45) is 0 Å². The Morgan fingerprint density at radius 2 is 2.19 bits per heavy atom. The largest absolute Gasteiger partial charge is 0.467 e. The minimum atomic E-state index is 0.393. The summed E-state index contributed by atoms with van der Waals surface area (Å²) in [5.41, 5.74) is 0. The van der Waals surface area contributed by atoms with Crippen LogP contribution in [-0.4, -0.2) is 30.2 Å². The number of methoxy groups -OCH3 is 1. The Morgan fingerprint density at radius 3 is 2.81 bits per heavy atom. The monoisotopic (exact) mass is 290 g/mol. The maximum Gasteiger partial charge on any atom is 0.158 e. The second-order valence-electron chi connectivity index (χ2n) is 4.58. The van der Waals surface area contributed by atoms with Gasteiger partial charge in [-0.15, -0.1) is 0 Å². The Labute approximate surface area is 125 Å². The number of hydrogen-bond donors (Lipinski definition) is 1. The van der Waals surface area contributed by atoms with E-state index in [4.69, 9.17) is 9.15 Å². The van der Waals surface area contributed by atoms with Gasteiger partial charge in [0.1, 0.15) is 24.0 Å². The number of hydrogen-bond acceptors (Lipinski definition) is 6. The van der Waals surface area contributed by atoms with Gasteiger partial charge in [-0.2, -0.15) is 0 Å². The first kappa shape index (κ1) is 15.3. The predicted molar refractivity (Wildman–Crippen MR) is 82.3 cm³/mol. The van der Waals surface area contributed by atoms with Gasteiger partial charge in [0.25, 0.3) is 0 Å². The lowest BCUT2D eigenvalue weighted by Gasteiger charge is -2.22. The fraction of sp³-hybridized carbons (Fsp3) is 0.467. The molecular weight excluding hydrogens is 268 g/mol. The van der Waals surface area contributed by atoms with Crippen LogP contribution in [0.15, 0.2) is 28.9 Å². The highest BCUT2D eigenvalue weighted by atomic mass is 16.5. The summed E-state index contributed by atoms with van der Waals surface area (Å²) in [6.07, 6.45) is 1.68. The molecule has 0 radical (unpaired) electrons. The molecule has 0 unspecified atom stereocenters. The summed E-state index contributed by atoms with van der Waals surface area (Å²) >= 11 is 0. The molecule has 114 valence electrons. The summed E-state index contributed by atoms with van der Waals surface area (Å²) in [6.45, 7) is 6.85. The lowest BCUT2D eigenvalue weighted by atomic mass is 10.3. The van der Waals surface area contributed by atoms with E-state index in [-0.39, 0.29) is 0 Å². The van der Waals surface area contributed by atoms with Gasteiger partial charge in [0.2, 0.25) is 0 Å². The van der Waals surface area contributed by atoms with Crippen molar-refractivity contribution in [2.45, 2.75) is 27.0 Å². The Morgan fingerprint density at radius 1 is 1.33 bits per heavy atom. The molecule has 2 heterocycles. The van der Waals surface area contributed by atoms with E-state index in [1.807, 2.05) is 25.1 Å². The topological polar surface area (TPSA) is 63.4 Å². The van der Waals surface area contributed by atoms with Gasteiger partial charge in [0.15, 0.2) is 5.82 Å². The maximum absolute atomic E-state index is 5.42. The molecule has 0 atom stereocenters. The number of aromatic nitrogens is 2. The average molecular weight is 290 g/mol. The van der Waals surface area contributed by atoms with E-state index >= 15 is 0 Å². The summed E-state index contributed by atoms with van der Waals surface area (Å²) in [7, 11) is 1.64. The van der Waals surface area contributed by atoms with Gasteiger partial charge >= 0.3 is 0 Å². The van der Waals surface area contributed by atoms with E-state index in [0.29, 0.717) is 19.0 Å². The van der Waals surface area contributed by atoms with Gasteiger partial charge in [-0.05, 0) is 26.0 Å². The molecule has 6 nitrogen and oxygen atoms in total. The molecule has 0 spiro atoms. The van der Waals surface area contributed by atoms with Crippen LogP contribution in [0.1, 0.15) is 25.4 Å². The van der Waals surface area contributed by atoms with Crippen molar-refractivity contribution >= 4 is 11.6 Å². The van der Waals surface area contributed by atoms with Crippen LogP contribution in [0.4, 0.5) is 11.6 Å². The van der Waals surface area contributed by atoms with Crippen molar-refractivity contribution in [1.82, 2.24) is 9.97 Å². The average Bonchev–Trinajstić information content (AvgIpc) is 2.98. The van der Waals surface area contributed by atoms with Crippen LogP contribution in [0.5, 0.6) is 0 Å². The number of nitrogens with one attached hydrogen (secondary N) is 1. The quantitative estimate of drug-likeness (QED) is 0.806. The molecule has 0 amide bonds. The molecule has 0 aliphatic rings. The second kappa shape index (κ2) is 7.64. The van der Waals surface area contributed by atoms with Crippen molar-refractivity contribution in [3.05, 3.63) is 36.0 Å². The van der Waals surface area contributed by atoms with Crippen LogP contribution in [0.3, 0.4) is 0 Å². The number of nitrogens with zero attached hydrogens (tertiary/aromatic N) is 3. The van der Waals surface area contributed by atoms with Gasteiger partial charge in [0.05, 0.1) is 12.8 Å². The second-order valence-corrected chi connectivity index (χ2v) is 4.58. The van der Waals surface area contributed by atoms with E-state index in [1.165, 1.54) is 0 Å². The highest BCUT2D eigenvalue weighted by molar-refractivity contribution is 5.49. The van der Waals surface area contributed by atoms with E-state index in [1.54, 1.807) is 13.4 Å². The lowest BCUT2D eigenvalue weighted by molar-refractivity contribution is 0.178. The number of rotatable bonds is 8. The van der Waals surface area contributed by atoms with E-state index in [9.17, 15) is 0 Å². The van der Waals surface area contributed by atoms with Crippen LogP contribution in [0.25, 0.3) is 0 Å². The summed E-state index contributed by atoms with van der Waals surface area (Å²) in [6, 6.07) is 5.81. The molecule has 0 aliphatic heterocycles. The van der Waals surface area contributed by atoms with Gasteiger partial charge in [0, 0.05) is 26.3 Å². The molecule has 2 aromatic rings. The lowest BCUT2D eigenvalue weighted by Crippen LogP contribution is -2.24.